The normalized spacial score (nSPS) is 9.83. The summed E-state index contributed by atoms with van der Waals surface area (Å²) in [7, 11) is 5.99. The zero-order valence-electron chi connectivity index (χ0n) is 19.7. The Morgan fingerprint density at radius 1 is 0.552 bits per heavy atom. The third kappa shape index (κ3) is 4.73. The first-order chi connectivity index (χ1) is 11.6. The van der Waals surface area contributed by atoms with E-state index < -0.39 is 0 Å². The Labute approximate surface area is 197 Å². The summed E-state index contributed by atoms with van der Waals surface area (Å²) < 4.78 is 5.86. The van der Waals surface area contributed by atoms with Crippen molar-refractivity contribution in [2.24, 2.45) is 21.1 Å². The SMILES string of the molecule is Cc1c(B(c2nn(C)c(C)c2C)c2nn(C)c(C)c2C)nn(C)c1C.Cl.[CH3-].[CH3-].[Ti+2]. The van der Waals surface area contributed by atoms with Gasteiger partial charge in [0.15, 0.2) is 0 Å². The van der Waals surface area contributed by atoms with E-state index in [0.29, 0.717) is 0 Å². The Kier molecular flexibility index (Phi) is 11.0. The monoisotopic (exact) mass is 452 g/mol. The molecule has 0 aliphatic carbocycles. The molecule has 158 valence electrons. The van der Waals surface area contributed by atoms with Gasteiger partial charge < -0.3 is 14.9 Å². The summed E-state index contributed by atoms with van der Waals surface area (Å²) in [5, 5.41) is 14.5. The molecule has 0 spiro atoms. The molecule has 0 unspecified atom stereocenters. The molecule has 0 N–H and O–H groups in total. The van der Waals surface area contributed by atoms with Crippen LogP contribution in [0.15, 0.2) is 0 Å². The van der Waals surface area contributed by atoms with Crippen molar-refractivity contribution in [3.63, 3.8) is 0 Å². The second-order valence-corrected chi connectivity index (χ2v) is 7.09. The maximum absolute atomic E-state index is 4.84. The van der Waals surface area contributed by atoms with Gasteiger partial charge in [0.05, 0.1) is 0 Å². The van der Waals surface area contributed by atoms with Crippen LogP contribution in [0, 0.1) is 56.4 Å². The molecule has 3 aromatic heterocycles. The molecule has 0 aromatic carbocycles. The van der Waals surface area contributed by atoms with Gasteiger partial charge in [-0.3, -0.25) is 14.0 Å². The maximum Gasteiger partial charge on any atom is 2.00 e. The molecule has 0 atom stereocenters. The van der Waals surface area contributed by atoms with Crippen LogP contribution in [0.3, 0.4) is 0 Å². The van der Waals surface area contributed by atoms with Crippen LogP contribution in [0.5, 0.6) is 0 Å². The fourth-order valence-electron chi connectivity index (χ4n) is 3.43. The van der Waals surface area contributed by atoms with Crippen LogP contribution >= 0.6 is 12.4 Å². The summed E-state index contributed by atoms with van der Waals surface area (Å²) in [4.78, 5) is 0. The zero-order valence-corrected chi connectivity index (χ0v) is 22.0. The van der Waals surface area contributed by atoms with Gasteiger partial charge >= 0.3 is 28.4 Å². The molecule has 0 aliphatic rings. The standard InChI is InChI=1S/C18H27BN6.2CH3.ClH.Ti/c1-10-13(4)23(7)20-16(10)19(17-11(2)14(5)24(8)21-17)18-12(3)15(6)25(9)22-18;;;;/h1-9H3;2*1H3;1H;/q;2*-1;;+2. The van der Waals surface area contributed by atoms with Crippen molar-refractivity contribution in [1.82, 2.24) is 29.3 Å². The first kappa shape index (κ1) is 29.9. The van der Waals surface area contributed by atoms with Crippen LogP contribution in [0.4, 0.5) is 0 Å². The molecule has 6 nitrogen and oxygen atoms in total. The Balaban J connectivity index is 0. The van der Waals surface area contributed by atoms with E-state index in [4.69, 9.17) is 15.3 Å². The Morgan fingerprint density at radius 3 is 0.897 bits per heavy atom. The van der Waals surface area contributed by atoms with Crippen LogP contribution in [-0.4, -0.2) is 36.1 Å². The van der Waals surface area contributed by atoms with E-state index in [1.807, 2.05) is 35.2 Å². The van der Waals surface area contributed by atoms with E-state index in [1.165, 1.54) is 33.8 Å². The number of rotatable bonds is 3. The Hall–Kier alpha value is -1.30. The molecule has 29 heavy (non-hydrogen) atoms. The molecule has 9 heteroatoms. The van der Waals surface area contributed by atoms with Gasteiger partial charge in [0.1, 0.15) is 0 Å². The number of hydrogen-bond donors (Lipinski definition) is 0. The van der Waals surface area contributed by atoms with E-state index in [0.717, 1.165) is 16.8 Å². The molecule has 0 bridgehead atoms. The second-order valence-electron chi connectivity index (χ2n) is 7.09. The molecule has 0 saturated carbocycles. The summed E-state index contributed by atoms with van der Waals surface area (Å²) in [5.41, 5.74) is 10.3. The van der Waals surface area contributed by atoms with E-state index in [-0.39, 0.29) is 55.7 Å². The fourth-order valence-corrected chi connectivity index (χ4v) is 3.43. The van der Waals surface area contributed by atoms with Gasteiger partial charge in [-0.2, -0.15) is 15.3 Å². The van der Waals surface area contributed by atoms with Gasteiger partial charge in [-0.25, -0.2) is 0 Å². The van der Waals surface area contributed by atoms with Crippen LogP contribution < -0.4 is 16.8 Å². The summed E-state index contributed by atoms with van der Waals surface area (Å²) in [5.74, 6) is 0. The van der Waals surface area contributed by atoms with E-state index in [9.17, 15) is 0 Å². The smallest absolute Gasteiger partial charge is 0.358 e. The molecule has 3 aromatic rings. The van der Waals surface area contributed by atoms with Gasteiger partial charge in [-0.05, 0) is 58.2 Å². The maximum atomic E-state index is 4.84. The zero-order chi connectivity index (χ0) is 18.6. The molecule has 3 rings (SSSR count). The number of hydrogen-bond acceptors (Lipinski definition) is 3. The average Bonchev–Trinajstić information content (AvgIpc) is 3.08. The fraction of sp³-hybridized carbons (Fsp3) is 0.450. The van der Waals surface area contributed by atoms with Crippen molar-refractivity contribution in [1.29, 1.82) is 0 Å². The van der Waals surface area contributed by atoms with Crippen LogP contribution in [0.25, 0.3) is 0 Å². The number of aryl methyl sites for hydroxylation is 3. The minimum Gasteiger partial charge on any atom is -0.358 e. The van der Waals surface area contributed by atoms with Gasteiger partial charge in [0.25, 0.3) is 0 Å². The van der Waals surface area contributed by atoms with Crippen molar-refractivity contribution in [3.8, 4) is 0 Å². The molecule has 0 amide bonds. The van der Waals surface area contributed by atoms with Crippen LogP contribution in [0.1, 0.15) is 33.8 Å². The Morgan fingerprint density at radius 2 is 0.759 bits per heavy atom. The third-order valence-electron chi connectivity index (χ3n) is 5.83. The van der Waals surface area contributed by atoms with Gasteiger partial charge in [-0.15, -0.1) is 12.4 Å². The number of halogens is 1. The third-order valence-corrected chi connectivity index (χ3v) is 5.83. The molecule has 0 aliphatic heterocycles. The summed E-state index contributed by atoms with van der Waals surface area (Å²) in [6.45, 7) is 12.7. The molecule has 0 radical (unpaired) electrons. The summed E-state index contributed by atoms with van der Waals surface area (Å²) in [6, 6.07) is 0. The molecular formula is C20H34BClN6Ti. The summed E-state index contributed by atoms with van der Waals surface area (Å²) >= 11 is 0. The van der Waals surface area contributed by atoms with E-state index >= 15 is 0 Å². The van der Waals surface area contributed by atoms with Gasteiger partial charge in [0, 0.05) is 55.0 Å². The molecule has 3 heterocycles. The average molecular weight is 453 g/mol. The largest absolute Gasteiger partial charge is 2.00 e. The topological polar surface area (TPSA) is 53.5 Å². The van der Waals surface area contributed by atoms with E-state index in [2.05, 4.69) is 41.5 Å². The van der Waals surface area contributed by atoms with Crippen molar-refractivity contribution < 1.29 is 21.7 Å². The van der Waals surface area contributed by atoms with Crippen molar-refractivity contribution in [2.75, 3.05) is 0 Å². The Bertz CT molecular complexity index is 848. The van der Waals surface area contributed by atoms with Crippen LogP contribution in [0.2, 0.25) is 0 Å². The predicted molar refractivity (Wildman–Crippen MR) is 123 cm³/mol. The van der Waals surface area contributed by atoms with Crippen molar-refractivity contribution in [3.05, 3.63) is 48.6 Å². The first-order valence-corrected chi connectivity index (χ1v) is 8.65. The van der Waals surface area contributed by atoms with Crippen molar-refractivity contribution >= 4 is 35.9 Å². The molecule has 0 fully saturated rings. The number of aromatic nitrogens is 6. The second kappa shape index (κ2) is 10.6. The van der Waals surface area contributed by atoms with Crippen molar-refractivity contribution in [2.45, 2.75) is 41.5 Å². The minimum atomic E-state index is -0.0558. The van der Waals surface area contributed by atoms with Gasteiger partial charge in [0.2, 0.25) is 0 Å². The minimum absolute atomic E-state index is 0. The predicted octanol–water partition coefficient (Wildman–Crippen LogP) is 1.57. The number of nitrogens with zero attached hydrogens (tertiary/aromatic N) is 6. The van der Waals surface area contributed by atoms with Crippen LogP contribution in [-0.2, 0) is 42.9 Å². The molecular weight excluding hydrogens is 418 g/mol. The summed E-state index contributed by atoms with van der Waals surface area (Å²) in [6.07, 6.45) is 0. The van der Waals surface area contributed by atoms with Gasteiger partial charge in [-0.1, -0.05) is 0 Å². The molecule has 0 saturated heterocycles. The quantitative estimate of drug-likeness (QED) is 0.448. The first-order valence-electron chi connectivity index (χ1n) is 8.65. The van der Waals surface area contributed by atoms with E-state index in [1.54, 1.807) is 0 Å².